The molecule has 1 aromatic heterocycles. The second kappa shape index (κ2) is 11.6. The Labute approximate surface area is 269 Å². The predicted octanol–water partition coefficient (Wildman–Crippen LogP) is 4.50. The van der Waals surface area contributed by atoms with Gasteiger partial charge < -0.3 is 19.7 Å². The highest BCUT2D eigenvalue weighted by Gasteiger charge is 2.57. The van der Waals surface area contributed by atoms with Crippen molar-refractivity contribution >= 4 is 63.0 Å². The maximum Gasteiger partial charge on any atom is 0.416 e. The summed E-state index contributed by atoms with van der Waals surface area (Å²) >= 11 is 7.54. The van der Waals surface area contributed by atoms with E-state index in [4.69, 9.17) is 11.6 Å². The number of halogens is 4. The molecule has 6 rings (SSSR count). The summed E-state index contributed by atoms with van der Waals surface area (Å²) in [7, 11) is -2.16. The van der Waals surface area contributed by atoms with Crippen LogP contribution in [0.5, 0.6) is 0 Å². The van der Waals surface area contributed by atoms with Gasteiger partial charge in [-0.2, -0.15) is 13.2 Å². The molecule has 0 radical (unpaired) electrons. The largest absolute Gasteiger partial charge is 0.416 e. The van der Waals surface area contributed by atoms with E-state index in [-0.39, 0.29) is 65.3 Å². The minimum atomic E-state index is -4.64. The fourth-order valence-corrected chi connectivity index (χ4v) is 8.91. The molecule has 45 heavy (non-hydrogen) atoms. The van der Waals surface area contributed by atoms with Gasteiger partial charge in [-0.25, -0.2) is 8.93 Å². The monoisotopic (exact) mass is 681 g/mol. The van der Waals surface area contributed by atoms with Gasteiger partial charge in [0, 0.05) is 34.7 Å². The highest BCUT2D eigenvalue weighted by molar-refractivity contribution is 8.00. The lowest BCUT2D eigenvalue weighted by atomic mass is 9.99. The summed E-state index contributed by atoms with van der Waals surface area (Å²) in [5, 5.41) is 0.788. The third-order valence-corrected chi connectivity index (χ3v) is 12.0. The van der Waals surface area contributed by atoms with E-state index in [1.807, 2.05) is 45.0 Å². The minimum absolute atomic E-state index is 0.0451. The quantitative estimate of drug-likeness (QED) is 0.399. The summed E-state index contributed by atoms with van der Waals surface area (Å²) in [6, 6.07) is 10.6. The number of likely N-dealkylation sites (tertiary alicyclic amines) is 2. The van der Waals surface area contributed by atoms with E-state index in [1.54, 1.807) is 20.8 Å². The van der Waals surface area contributed by atoms with Gasteiger partial charge in [-0.05, 0) is 44.2 Å². The van der Waals surface area contributed by atoms with Gasteiger partial charge in [0.1, 0.15) is 22.7 Å². The first-order valence-corrected chi connectivity index (χ1v) is 16.8. The van der Waals surface area contributed by atoms with E-state index in [0.717, 1.165) is 23.0 Å². The number of alkyl halides is 3. The molecule has 0 spiro atoms. The lowest BCUT2D eigenvalue weighted by Crippen LogP contribution is -2.59. The first-order chi connectivity index (χ1) is 21.2. The van der Waals surface area contributed by atoms with E-state index in [9.17, 15) is 31.8 Å². The molecule has 5 atom stereocenters. The van der Waals surface area contributed by atoms with Crippen LogP contribution in [0.2, 0.25) is 5.02 Å². The number of H-pyrrole nitrogens is 1. The third-order valence-electron chi connectivity index (χ3n) is 9.00. The van der Waals surface area contributed by atoms with Gasteiger partial charge in [-0.3, -0.25) is 14.4 Å². The van der Waals surface area contributed by atoms with Gasteiger partial charge in [0.25, 0.3) is 5.91 Å². The van der Waals surface area contributed by atoms with E-state index < -0.39 is 33.5 Å². The second-order valence-corrected chi connectivity index (χ2v) is 15.4. The molecule has 240 valence electrons. The van der Waals surface area contributed by atoms with Crippen molar-refractivity contribution in [3.8, 4) is 0 Å². The average molecular weight is 682 g/mol. The average Bonchev–Trinajstić information content (AvgIpc) is 3.74. The van der Waals surface area contributed by atoms with Gasteiger partial charge in [0.05, 0.1) is 40.0 Å². The molecule has 2 aromatic carbocycles. The van der Waals surface area contributed by atoms with Crippen LogP contribution in [0.4, 0.5) is 13.2 Å². The van der Waals surface area contributed by atoms with Crippen molar-refractivity contribution in [3.63, 3.8) is 0 Å². The number of rotatable bonds is 6. The van der Waals surface area contributed by atoms with Crippen LogP contribution in [0.15, 0.2) is 53.4 Å². The van der Waals surface area contributed by atoms with Crippen molar-refractivity contribution in [2.45, 2.75) is 54.7 Å². The number of nitrogens with zero attached hydrogens (tertiary/aromatic N) is 3. The third kappa shape index (κ3) is 5.74. The van der Waals surface area contributed by atoms with Crippen molar-refractivity contribution in [2.75, 3.05) is 25.5 Å². The standard InChI is InChI=1S/C30H31ClF3N5O4S2/c1-16-22-14-38(23(16)13-37(22)25(40)12-35-45(43)24-11-18(30(32,33)34)8-9-19(24)31)28(42)26-29(2,3)44-15-39(26)27(41)21-10-17-6-4-5-7-20(17)36-21/h4-11,16,22-23,26,35-36H,12-15H2,1-3H3/t16-,22+,23+,26+,45?/m0/s1. The molecular formula is C30H31ClF3N5O4S2. The van der Waals surface area contributed by atoms with Crippen molar-refractivity contribution in [1.29, 1.82) is 0 Å². The van der Waals surface area contributed by atoms with Gasteiger partial charge in [-0.1, -0.05) is 36.7 Å². The van der Waals surface area contributed by atoms with Crippen molar-refractivity contribution in [1.82, 2.24) is 24.4 Å². The second-order valence-electron chi connectivity index (χ2n) is 12.1. The summed E-state index contributed by atoms with van der Waals surface area (Å²) in [4.78, 5) is 48.9. The van der Waals surface area contributed by atoms with Crippen LogP contribution in [0.25, 0.3) is 10.9 Å². The fraction of sp³-hybridized carbons (Fsp3) is 0.433. The Morgan fingerprint density at radius 3 is 2.42 bits per heavy atom. The number of nitrogens with one attached hydrogen (secondary N) is 2. The van der Waals surface area contributed by atoms with Crippen LogP contribution in [-0.4, -0.2) is 90.0 Å². The Balaban J connectivity index is 1.12. The molecule has 9 nitrogen and oxygen atoms in total. The number of aromatic amines is 1. The Hall–Kier alpha value is -3.07. The Morgan fingerprint density at radius 1 is 1.07 bits per heavy atom. The number of aromatic nitrogens is 1. The first kappa shape index (κ1) is 31.9. The summed E-state index contributed by atoms with van der Waals surface area (Å²) < 4.78 is 54.1. The number of hydrogen-bond donors (Lipinski definition) is 2. The highest BCUT2D eigenvalue weighted by atomic mass is 35.5. The predicted molar refractivity (Wildman–Crippen MR) is 166 cm³/mol. The topological polar surface area (TPSA) is 106 Å². The van der Waals surface area contributed by atoms with Crippen LogP contribution in [-0.2, 0) is 26.8 Å². The first-order valence-electron chi connectivity index (χ1n) is 14.3. The maximum atomic E-state index is 14.2. The minimum Gasteiger partial charge on any atom is -0.351 e. The molecule has 2 N–H and O–H groups in total. The zero-order valence-electron chi connectivity index (χ0n) is 24.6. The van der Waals surface area contributed by atoms with E-state index in [1.165, 1.54) is 11.8 Å². The van der Waals surface area contributed by atoms with Crippen molar-refractivity contribution in [2.24, 2.45) is 5.92 Å². The summed E-state index contributed by atoms with van der Waals surface area (Å²) in [5.74, 6) is -0.490. The van der Waals surface area contributed by atoms with Crippen LogP contribution in [0, 0.1) is 5.92 Å². The maximum absolute atomic E-state index is 14.2. The van der Waals surface area contributed by atoms with Crippen molar-refractivity contribution < 1.29 is 31.8 Å². The molecule has 15 heteroatoms. The Kier molecular flexibility index (Phi) is 8.24. The Bertz CT molecular complexity index is 1680. The number of benzene rings is 2. The number of fused-ring (bicyclic) bond motifs is 3. The van der Waals surface area contributed by atoms with E-state index in [0.29, 0.717) is 17.6 Å². The van der Waals surface area contributed by atoms with Gasteiger partial charge in [0.15, 0.2) is 0 Å². The number of hydrogen-bond acceptors (Lipinski definition) is 5. The van der Waals surface area contributed by atoms with Crippen LogP contribution < -0.4 is 4.72 Å². The normalized spacial score (nSPS) is 24.9. The lowest BCUT2D eigenvalue weighted by Gasteiger charge is -2.39. The summed E-state index contributed by atoms with van der Waals surface area (Å²) in [5.41, 5.74) is 0.252. The van der Waals surface area contributed by atoms with E-state index >= 15 is 0 Å². The SMILES string of the molecule is C[C@H]1[C@H]2CN(C(=O)[C@H]3N(C(=O)c4cc5ccccc5[nH]4)CSC3(C)C)[C@@H]1CN2C(=O)CNS(=O)c1cc(C(F)(F)F)ccc1Cl. The Morgan fingerprint density at radius 2 is 1.76 bits per heavy atom. The lowest BCUT2D eigenvalue weighted by molar-refractivity contribution is -0.142. The number of para-hydroxylation sites is 1. The van der Waals surface area contributed by atoms with Gasteiger partial charge in [-0.15, -0.1) is 11.8 Å². The molecule has 3 saturated heterocycles. The number of amides is 3. The summed E-state index contributed by atoms with van der Waals surface area (Å²) in [6.45, 7) is 6.02. The van der Waals surface area contributed by atoms with Gasteiger partial charge in [0.2, 0.25) is 11.8 Å². The fourth-order valence-electron chi connectivity index (χ4n) is 6.57. The zero-order valence-corrected chi connectivity index (χ0v) is 26.9. The molecule has 0 saturated carbocycles. The molecule has 2 bridgehead atoms. The molecule has 3 amide bonds. The molecule has 3 aliphatic heterocycles. The van der Waals surface area contributed by atoms with Crippen LogP contribution >= 0.6 is 23.4 Å². The number of carbonyl (C=O) groups is 3. The number of thioether (sulfide) groups is 1. The number of piperazine rings is 1. The van der Waals surface area contributed by atoms with Gasteiger partial charge >= 0.3 is 6.18 Å². The van der Waals surface area contributed by atoms with Crippen LogP contribution in [0.3, 0.4) is 0 Å². The van der Waals surface area contributed by atoms with Crippen LogP contribution in [0.1, 0.15) is 36.8 Å². The highest BCUT2D eigenvalue weighted by Crippen LogP contribution is 2.44. The smallest absolute Gasteiger partial charge is 0.351 e. The molecule has 4 heterocycles. The van der Waals surface area contributed by atoms with Crippen molar-refractivity contribution in [3.05, 3.63) is 64.8 Å². The molecule has 1 unspecified atom stereocenters. The molecule has 0 aliphatic carbocycles. The molecule has 3 aliphatic rings. The molecular weight excluding hydrogens is 651 g/mol. The number of carbonyl (C=O) groups excluding carboxylic acids is 3. The summed E-state index contributed by atoms with van der Waals surface area (Å²) in [6.07, 6.45) is -4.64. The molecule has 3 fully saturated rings. The zero-order chi connectivity index (χ0) is 32.4. The van der Waals surface area contributed by atoms with E-state index in [2.05, 4.69) is 9.71 Å². The molecule has 3 aromatic rings.